The third-order valence-electron chi connectivity index (χ3n) is 2.07. The average molecular weight is 180 g/mol. The molecule has 1 atom stereocenters. The van der Waals surface area contributed by atoms with Gasteiger partial charge in [-0.2, -0.15) is 0 Å². The fraction of sp³-hybridized carbons (Fsp3) is 0.444. The fourth-order valence-corrected chi connectivity index (χ4v) is 1.61. The van der Waals surface area contributed by atoms with Crippen molar-refractivity contribution in [3.8, 4) is 0 Å². The predicted octanol–water partition coefficient (Wildman–Crippen LogP) is 1.58. The summed E-state index contributed by atoms with van der Waals surface area (Å²) in [4.78, 5) is 13.5. The van der Waals surface area contributed by atoms with Crippen LogP contribution in [0.3, 0.4) is 0 Å². The molecular formula is C9H12N2O2. The summed E-state index contributed by atoms with van der Waals surface area (Å²) in [7, 11) is 0. The molecule has 13 heavy (non-hydrogen) atoms. The molecule has 1 aliphatic heterocycles. The van der Waals surface area contributed by atoms with Crippen LogP contribution in [0.5, 0.6) is 0 Å². The molecule has 0 spiro atoms. The lowest BCUT2D eigenvalue weighted by Gasteiger charge is -2.10. The van der Waals surface area contributed by atoms with Gasteiger partial charge in [0.1, 0.15) is 0 Å². The molecule has 0 aromatic carbocycles. The molecule has 0 radical (unpaired) electrons. The maximum absolute atomic E-state index is 10.9. The zero-order valence-electron chi connectivity index (χ0n) is 7.68. The van der Waals surface area contributed by atoms with Gasteiger partial charge >= 0.3 is 5.76 Å². The second-order valence-corrected chi connectivity index (χ2v) is 3.49. The van der Waals surface area contributed by atoms with Crippen molar-refractivity contribution in [3.05, 3.63) is 21.9 Å². The minimum absolute atomic E-state index is 0.325. The molecule has 2 heterocycles. The first-order valence-corrected chi connectivity index (χ1v) is 4.32. The quantitative estimate of drug-likeness (QED) is 0.637. The summed E-state index contributed by atoms with van der Waals surface area (Å²) in [5, 5.41) is 3.17. The summed E-state index contributed by atoms with van der Waals surface area (Å²) in [6, 6.07) is 0.325. The van der Waals surface area contributed by atoms with E-state index in [0.717, 1.165) is 6.42 Å². The van der Waals surface area contributed by atoms with Crippen molar-refractivity contribution in [1.82, 2.24) is 4.98 Å². The van der Waals surface area contributed by atoms with Gasteiger partial charge in [-0.05, 0) is 26.3 Å². The van der Waals surface area contributed by atoms with E-state index < -0.39 is 5.76 Å². The molecule has 2 N–H and O–H groups in total. The first kappa shape index (κ1) is 8.16. The van der Waals surface area contributed by atoms with Crippen LogP contribution >= 0.6 is 0 Å². The summed E-state index contributed by atoms with van der Waals surface area (Å²) >= 11 is 0. The maximum atomic E-state index is 10.9. The first-order valence-electron chi connectivity index (χ1n) is 4.32. The Hall–Kier alpha value is -1.45. The van der Waals surface area contributed by atoms with Gasteiger partial charge in [0.2, 0.25) is 0 Å². The summed E-state index contributed by atoms with van der Waals surface area (Å²) < 4.78 is 4.95. The Bertz CT molecular complexity index is 400. The Labute approximate surface area is 75.7 Å². The third kappa shape index (κ3) is 1.52. The minimum Gasteiger partial charge on any atom is -0.406 e. The molecule has 0 saturated carbocycles. The van der Waals surface area contributed by atoms with Crippen LogP contribution in [0, 0.1) is 0 Å². The molecule has 4 nitrogen and oxygen atoms in total. The molecule has 1 aromatic heterocycles. The Balaban J connectivity index is 2.50. The van der Waals surface area contributed by atoms with Gasteiger partial charge in [0.05, 0.1) is 0 Å². The van der Waals surface area contributed by atoms with Gasteiger partial charge < -0.3 is 9.73 Å². The lowest BCUT2D eigenvalue weighted by atomic mass is 10.1. The zero-order chi connectivity index (χ0) is 9.42. The Kier molecular flexibility index (Phi) is 1.76. The molecule has 0 fully saturated rings. The van der Waals surface area contributed by atoms with E-state index >= 15 is 0 Å². The standard InChI is InChI=1S/C9H12N2O2/c1-5-3-6(2)10-8-7(4-5)13-9(12)11-8/h4,6,10H,3H2,1-2H3,(H,11,12). The number of rotatable bonds is 0. The number of anilines is 1. The lowest BCUT2D eigenvalue weighted by Crippen LogP contribution is -2.15. The van der Waals surface area contributed by atoms with E-state index in [4.69, 9.17) is 4.42 Å². The Morgan fingerprint density at radius 2 is 2.38 bits per heavy atom. The molecule has 4 heteroatoms. The van der Waals surface area contributed by atoms with Crippen molar-refractivity contribution >= 4 is 11.9 Å². The van der Waals surface area contributed by atoms with Gasteiger partial charge in [0, 0.05) is 6.04 Å². The highest BCUT2D eigenvalue weighted by Crippen LogP contribution is 2.22. The Morgan fingerprint density at radius 3 is 3.15 bits per heavy atom. The van der Waals surface area contributed by atoms with Gasteiger partial charge in [-0.25, -0.2) is 4.79 Å². The number of hydrogen-bond acceptors (Lipinski definition) is 3. The third-order valence-corrected chi connectivity index (χ3v) is 2.07. The first-order chi connectivity index (χ1) is 6.15. The summed E-state index contributed by atoms with van der Waals surface area (Å²) in [6.45, 7) is 4.10. The highest BCUT2D eigenvalue weighted by Gasteiger charge is 2.15. The van der Waals surface area contributed by atoms with Gasteiger partial charge in [-0.3, -0.25) is 4.98 Å². The van der Waals surface area contributed by atoms with E-state index in [1.54, 1.807) is 0 Å². The van der Waals surface area contributed by atoms with Gasteiger partial charge in [-0.15, -0.1) is 0 Å². The molecule has 0 bridgehead atoms. The number of H-pyrrole nitrogens is 1. The zero-order valence-corrected chi connectivity index (χ0v) is 7.68. The van der Waals surface area contributed by atoms with E-state index in [9.17, 15) is 4.79 Å². The second kappa shape index (κ2) is 2.80. The molecule has 2 rings (SSSR count). The van der Waals surface area contributed by atoms with E-state index in [-0.39, 0.29) is 0 Å². The number of fused-ring (bicyclic) bond motifs is 1. The van der Waals surface area contributed by atoms with Crippen LogP contribution in [0.1, 0.15) is 26.0 Å². The van der Waals surface area contributed by atoms with Crippen LogP contribution in [0.4, 0.5) is 5.82 Å². The summed E-state index contributed by atoms with van der Waals surface area (Å²) in [5.74, 6) is 0.886. The van der Waals surface area contributed by atoms with Crippen LogP contribution in [0.25, 0.3) is 6.08 Å². The minimum atomic E-state index is -0.407. The van der Waals surface area contributed by atoms with Gasteiger partial charge in [-0.1, -0.05) is 5.57 Å². The van der Waals surface area contributed by atoms with Gasteiger partial charge in [0.15, 0.2) is 11.6 Å². The largest absolute Gasteiger partial charge is 0.418 e. The van der Waals surface area contributed by atoms with Crippen molar-refractivity contribution in [3.63, 3.8) is 0 Å². The summed E-state index contributed by atoms with van der Waals surface area (Å²) in [5.41, 5.74) is 1.21. The monoisotopic (exact) mass is 180 g/mol. The highest BCUT2D eigenvalue weighted by molar-refractivity contribution is 5.61. The number of aromatic nitrogens is 1. The topological polar surface area (TPSA) is 58.0 Å². The van der Waals surface area contributed by atoms with Crippen molar-refractivity contribution in [2.24, 2.45) is 0 Å². The fourth-order valence-electron chi connectivity index (χ4n) is 1.61. The van der Waals surface area contributed by atoms with Crippen molar-refractivity contribution in [1.29, 1.82) is 0 Å². The normalized spacial score (nSPS) is 21.4. The molecule has 70 valence electrons. The SMILES string of the molecule is CC1=Cc2oc(=O)[nH]c2NC(C)C1. The smallest absolute Gasteiger partial charge is 0.406 e. The van der Waals surface area contributed by atoms with Crippen molar-refractivity contribution < 1.29 is 4.42 Å². The van der Waals surface area contributed by atoms with E-state index in [1.807, 2.05) is 13.0 Å². The number of aromatic amines is 1. The van der Waals surface area contributed by atoms with E-state index in [0.29, 0.717) is 17.6 Å². The number of oxazole rings is 1. The molecule has 0 amide bonds. The van der Waals surface area contributed by atoms with E-state index in [1.165, 1.54) is 5.57 Å². The molecule has 0 saturated heterocycles. The maximum Gasteiger partial charge on any atom is 0.418 e. The van der Waals surface area contributed by atoms with Gasteiger partial charge in [0.25, 0.3) is 0 Å². The molecular weight excluding hydrogens is 168 g/mol. The van der Waals surface area contributed by atoms with Crippen LogP contribution < -0.4 is 11.1 Å². The van der Waals surface area contributed by atoms with Crippen LogP contribution in [0.15, 0.2) is 14.8 Å². The molecule has 1 aromatic rings. The van der Waals surface area contributed by atoms with E-state index in [2.05, 4.69) is 17.2 Å². The van der Waals surface area contributed by atoms with Crippen molar-refractivity contribution in [2.75, 3.05) is 5.32 Å². The lowest BCUT2D eigenvalue weighted by molar-refractivity contribution is 0.507. The molecule has 1 aliphatic rings. The Morgan fingerprint density at radius 1 is 1.62 bits per heavy atom. The molecule has 0 aliphatic carbocycles. The predicted molar refractivity (Wildman–Crippen MR) is 50.7 cm³/mol. The highest BCUT2D eigenvalue weighted by atomic mass is 16.4. The summed E-state index contributed by atoms with van der Waals surface area (Å²) in [6.07, 6.45) is 2.86. The number of nitrogens with one attached hydrogen (secondary N) is 2. The number of hydrogen-bond donors (Lipinski definition) is 2. The van der Waals surface area contributed by atoms with Crippen molar-refractivity contribution in [2.45, 2.75) is 26.3 Å². The molecule has 1 unspecified atom stereocenters. The second-order valence-electron chi connectivity index (χ2n) is 3.49. The average Bonchev–Trinajstić information content (AvgIpc) is 2.24. The van der Waals surface area contributed by atoms with Crippen LogP contribution in [-0.2, 0) is 0 Å². The van der Waals surface area contributed by atoms with Crippen LogP contribution in [0.2, 0.25) is 0 Å². The van der Waals surface area contributed by atoms with Crippen LogP contribution in [-0.4, -0.2) is 11.0 Å².